The van der Waals surface area contributed by atoms with Gasteiger partial charge in [0.25, 0.3) is 0 Å². The molecule has 0 aromatic heterocycles. The quantitative estimate of drug-likeness (QED) is 0.640. The lowest BCUT2D eigenvalue weighted by atomic mass is 9.75. The van der Waals surface area contributed by atoms with E-state index in [1.165, 1.54) is 0 Å². The first kappa shape index (κ1) is 12.7. The Bertz CT molecular complexity index is 178. The van der Waals surface area contributed by atoms with E-state index >= 15 is 0 Å². The molecule has 0 aromatic rings. The Morgan fingerprint density at radius 1 is 1.08 bits per heavy atom. The Balaban J connectivity index is 4.24. The molecule has 0 saturated carbocycles. The van der Waals surface area contributed by atoms with E-state index in [0.717, 1.165) is 0 Å². The third-order valence-electron chi connectivity index (χ3n) is 2.81. The molecule has 0 rings (SSSR count). The molecule has 0 bridgehead atoms. The van der Waals surface area contributed by atoms with E-state index in [4.69, 9.17) is 0 Å². The molecule has 1 heteroatoms. The highest BCUT2D eigenvalue weighted by atomic mass is 16.1. The van der Waals surface area contributed by atoms with Crippen LogP contribution in [0, 0.1) is 16.7 Å². The molecule has 0 aliphatic carbocycles. The van der Waals surface area contributed by atoms with Crippen molar-refractivity contribution in [3.8, 4) is 0 Å². The summed E-state index contributed by atoms with van der Waals surface area (Å²) in [7, 11) is 0. The Morgan fingerprint density at radius 3 is 1.69 bits per heavy atom. The van der Waals surface area contributed by atoms with Gasteiger partial charge in [-0.05, 0) is 11.3 Å². The van der Waals surface area contributed by atoms with Gasteiger partial charge in [0.1, 0.15) is 5.78 Å². The second kappa shape index (κ2) is 3.81. The SMILES string of the molecule is C[C@@H](CC(=O)C(C)(C)C)C(C)(C)C. The molecule has 0 heterocycles. The number of carbonyl (C=O) groups is 1. The molecule has 78 valence electrons. The Morgan fingerprint density at radius 2 is 1.46 bits per heavy atom. The molecule has 1 nitrogen and oxygen atoms in total. The van der Waals surface area contributed by atoms with E-state index in [1.807, 2.05) is 20.8 Å². The summed E-state index contributed by atoms with van der Waals surface area (Å²) in [5, 5.41) is 0. The van der Waals surface area contributed by atoms with Gasteiger partial charge in [-0.1, -0.05) is 48.5 Å². The fourth-order valence-corrected chi connectivity index (χ4v) is 0.890. The Kier molecular flexibility index (Phi) is 3.71. The van der Waals surface area contributed by atoms with Crippen molar-refractivity contribution in [2.45, 2.75) is 54.9 Å². The van der Waals surface area contributed by atoms with E-state index in [2.05, 4.69) is 27.7 Å². The molecule has 1 atom stereocenters. The predicted octanol–water partition coefficient (Wildman–Crippen LogP) is 3.67. The second-order valence-electron chi connectivity index (χ2n) is 6.14. The maximum Gasteiger partial charge on any atom is 0.138 e. The lowest BCUT2D eigenvalue weighted by Gasteiger charge is -2.29. The lowest BCUT2D eigenvalue weighted by Crippen LogP contribution is -2.27. The van der Waals surface area contributed by atoms with Crippen molar-refractivity contribution in [2.75, 3.05) is 0 Å². The number of hydrogen-bond donors (Lipinski definition) is 0. The van der Waals surface area contributed by atoms with Gasteiger partial charge in [-0.15, -0.1) is 0 Å². The van der Waals surface area contributed by atoms with Gasteiger partial charge in [0.05, 0.1) is 0 Å². The first-order valence-corrected chi connectivity index (χ1v) is 5.08. The Hall–Kier alpha value is -0.330. The monoisotopic (exact) mass is 184 g/mol. The third kappa shape index (κ3) is 4.44. The number of rotatable bonds is 2. The van der Waals surface area contributed by atoms with Crippen molar-refractivity contribution in [3.05, 3.63) is 0 Å². The van der Waals surface area contributed by atoms with Gasteiger partial charge in [0.2, 0.25) is 0 Å². The molecule has 0 aliphatic rings. The van der Waals surface area contributed by atoms with Crippen LogP contribution < -0.4 is 0 Å². The number of carbonyl (C=O) groups excluding carboxylic acids is 1. The van der Waals surface area contributed by atoms with Crippen LogP contribution in [0.5, 0.6) is 0 Å². The van der Waals surface area contributed by atoms with Gasteiger partial charge < -0.3 is 0 Å². The highest BCUT2D eigenvalue weighted by molar-refractivity contribution is 5.83. The summed E-state index contributed by atoms with van der Waals surface area (Å²) in [5.74, 6) is 0.828. The van der Waals surface area contributed by atoms with Gasteiger partial charge in [-0.25, -0.2) is 0 Å². The van der Waals surface area contributed by atoms with Crippen molar-refractivity contribution in [1.29, 1.82) is 0 Å². The molecule has 0 fully saturated rings. The Labute approximate surface area is 82.9 Å². The minimum atomic E-state index is -0.181. The second-order valence-corrected chi connectivity index (χ2v) is 6.14. The number of hydrogen-bond acceptors (Lipinski definition) is 1. The first-order valence-electron chi connectivity index (χ1n) is 5.08. The van der Waals surface area contributed by atoms with Crippen LogP contribution in [0.1, 0.15) is 54.9 Å². The maximum atomic E-state index is 11.7. The van der Waals surface area contributed by atoms with Crippen LogP contribution in [0.3, 0.4) is 0 Å². The highest BCUT2D eigenvalue weighted by Gasteiger charge is 2.28. The zero-order chi connectivity index (χ0) is 10.9. The summed E-state index contributed by atoms with van der Waals surface area (Å²) in [5.41, 5.74) is 0.0560. The zero-order valence-electron chi connectivity index (χ0n) is 10.2. The number of ketones is 1. The summed E-state index contributed by atoms with van der Waals surface area (Å²) in [6, 6.07) is 0. The van der Waals surface area contributed by atoms with E-state index in [9.17, 15) is 4.79 Å². The average molecular weight is 184 g/mol. The van der Waals surface area contributed by atoms with Crippen molar-refractivity contribution < 1.29 is 4.79 Å². The van der Waals surface area contributed by atoms with Gasteiger partial charge in [-0.2, -0.15) is 0 Å². The summed E-state index contributed by atoms with van der Waals surface area (Å²) in [6.07, 6.45) is 0.701. The lowest BCUT2D eigenvalue weighted by molar-refractivity contribution is -0.127. The van der Waals surface area contributed by atoms with Crippen LogP contribution in [0.25, 0.3) is 0 Å². The molecule has 0 amide bonds. The topological polar surface area (TPSA) is 17.1 Å². The number of Topliss-reactive ketones (excluding diaryl/α,β-unsaturated/α-hetero) is 1. The summed E-state index contributed by atoms with van der Waals surface area (Å²) in [4.78, 5) is 11.7. The fraction of sp³-hybridized carbons (Fsp3) is 0.917. The predicted molar refractivity (Wildman–Crippen MR) is 57.7 cm³/mol. The minimum Gasteiger partial charge on any atom is -0.299 e. The maximum absolute atomic E-state index is 11.7. The van der Waals surface area contributed by atoms with Crippen LogP contribution in [0.2, 0.25) is 0 Å². The molecular formula is C12H24O. The van der Waals surface area contributed by atoms with Crippen LogP contribution >= 0.6 is 0 Å². The minimum absolute atomic E-state index is 0.181. The van der Waals surface area contributed by atoms with Crippen molar-refractivity contribution in [3.63, 3.8) is 0 Å². The van der Waals surface area contributed by atoms with E-state index in [0.29, 0.717) is 18.1 Å². The summed E-state index contributed by atoms with van der Waals surface area (Å²) < 4.78 is 0. The largest absolute Gasteiger partial charge is 0.299 e. The van der Waals surface area contributed by atoms with Crippen LogP contribution in [0.15, 0.2) is 0 Å². The summed E-state index contributed by atoms with van der Waals surface area (Å²) in [6.45, 7) is 14.7. The van der Waals surface area contributed by atoms with E-state index in [-0.39, 0.29) is 10.8 Å². The molecule has 0 unspecified atom stereocenters. The zero-order valence-corrected chi connectivity index (χ0v) is 10.2. The van der Waals surface area contributed by atoms with Gasteiger partial charge >= 0.3 is 0 Å². The smallest absolute Gasteiger partial charge is 0.138 e. The first-order chi connectivity index (χ1) is 5.55. The highest BCUT2D eigenvalue weighted by Crippen LogP contribution is 2.31. The van der Waals surface area contributed by atoms with Crippen LogP contribution in [-0.2, 0) is 4.79 Å². The average Bonchev–Trinajstić information content (AvgIpc) is 1.82. The van der Waals surface area contributed by atoms with E-state index in [1.54, 1.807) is 0 Å². The molecule has 0 aliphatic heterocycles. The van der Waals surface area contributed by atoms with Gasteiger partial charge in [0.15, 0.2) is 0 Å². The standard InChI is InChI=1S/C12H24O/c1-9(11(2,3)4)8-10(13)12(5,6)7/h9H,8H2,1-7H3/t9-/m0/s1. The summed E-state index contributed by atoms with van der Waals surface area (Å²) >= 11 is 0. The molecule has 0 spiro atoms. The van der Waals surface area contributed by atoms with Crippen LogP contribution in [-0.4, -0.2) is 5.78 Å². The van der Waals surface area contributed by atoms with Gasteiger partial charge in [-0.3, -0.25) is 4.79 Å². The normalized spacial score (nSPS) is 15.6. The molecular weight excluding hydrogens is 160 g/mol. The van der Waals surface area contributed by atoms with Gasteiger partial charge in [0, 0.05) is 11.8 Å². The van der Waals surface area contributed by atoms with E-state index < -0.39 is 0 Å². The van der Waals surface area contributed by atoms with Crippen molar-refractivity contribution in [2.24, 2.45) is 16.7 Å². The van der Waals surface area contributed by atoms with Crippen LogP contribution in [0.4, 0.5) is 0 Å². The third-order valence-corrected chi connectivity index (χ3v) is 2.81. The fourth-order valence-electron chi connectivity index (χ4n) is 0.890. The van der Waals surface area contributed by atoms with Crippen molar-refractivity contribution in [1.82, 2.24) is 0 Å². The molecule has 0 saturated heterocycles. The molecule has 0 N–H and O–H groups in total. The van der Waals surface area contributed by atoms with Crippen molar-refractivity contribution >= 4 is 5.78 Å². The molecule has 13 heavy (non-hydrogen) atoms. The molecule has 0 radical (unpaired) electrons. The molecule has 0 aromatic carbocycles.